The van der Waals surface area contributed by atoms with E-state index in [4.69, 9.17) is 0 Å². The Balaban J connectivity index is 1.71. The standard InChI is InChI=1S/C38H40F2N4O3S/c1-5-11-24(3)41-37(47)30-23-44(22-28-31(39)14-10-15-32(28)40)38-34(35(30)46)29(21-43(4)20-25-12-8-7-9-13-25)36(48-38)26-16-18-27(19-17-26)42-33(45)6-2/h7-10,12-19,23-24H,5-6,11,20-22H2,1-4H3,(H,41,47)(H,42,45). The minimum Gasteiger partial charge on any atom is -0.349 e. The molecule has 0 saturated carbocycles. The lowest BCUT2D eigenvalue weighted by Gasteiger charge is -2.18. The molecule has 2 aromatic heterocycles. The summed E-state index contributed by atoms with van der Waals surface area (Å²) in [6, 6.07) is 20.8. The fourth-order valence-electron chi connectivity index (χ4n) is 5.79. The predicted molar refractivity (Wildman–Crippen MR) is 189 cm³/mol. The molecule has 5 aromatic rings. The number of carbonyl (C=O) groups is 2. The van der Waals surface area contributed by atoms with Crippen LogP contribution in [0.1, 0.15) is 67.1 Å². The summed E-state index contributed by atoms with van der Waals surface area (Å²) in [5.74, 6) is -2.07. The summed E-state index contributed by atoms with van der Waals surface area (Å²) in [4.78, 5) is 43.4. The number of anilines is 1. The quantitative estimate of drug-likeness (QED) is 0.133. The van der Waals surface area contributed by atoms with Crippen molar-refractivity contribution in [2.45, 2.75) is 65.7 Å². The first-order valence-corrected chi connectivity index (χ1v) is 17.0. The van der Waals surface area contributed by atoms with Crippen molar-refractivity contribution in [3.8, 4) is 10.4 Å². The van der Waals surface area contributed by atoms with Gasteiger partial charge in [0, 0.05) is 47.9 Å². The number of carbonyl (C=O) groups excluding carboxylic acids is 2. The van der Waals surface area contributed by atoms with Crippen LogP contribution < -0.4 is 16.1 Å². The molecule has 7 nitrogen and oxygen atoms in total. The first kappa shape index (κ1) is 34.7. The molecule has 0 aliphatic carbocycles. The average molecular weight is 671 g/mol. The third-order valence-corrected chi connectivity index (χ3v) is 9.53. The molecular formula is C38H40F2N4O3S. The molecule has 10 heteroatoms. The molecule has 2 amide bonds. The Hall–Kier alpha value is -4.67. The van der Waals surface area contributed by atoms with Crippen LogP contribution in [0.4, 0.5) is 14.5 Å². The Labute approximate surface area is 283 Å². The molecule has 3 aromatic carbocycles. The van der Waals surface area contributed by atoms with Gasteiger partial charge in [0.1, 0.15) is 22.0 Å². The van der Waals surface area contributed by atoms with Crippen molar-refractivity contribution in [2.24, 2.45) is 0 Å². The van der Waals surface area contributed by atoms with Gasteiger partial charge in [-0.25, -0.2) is 8.78 Å². The van der Waals surface area contributed by atoms with Crippen molar-refractivity contribution >= 4 is 39.1 Å². The SMILES string of the molecule is CCCC(C)NC(=O)c1cn(Cc2c(F)cccc2F)c2sc(-c3ccc(NC(=O)CC)cc3)c(CN(C)Cc3ccccc3)c2c1=O. The van der Waals surface area contributed by atoms with Crippen LogP contribution in [0.3, 0.4) is 0 Å². The second-order valence-corrected chi connectivity index (χ2v) is 13.1. The fourth-order valence-corrected chi connectivity index (χ4v) is 7.08. The van der Waals surface area contributed by atoms with E-state index in [9.17, 15) is 23.2 Å². The summed E-state index contributed by atoms with van der Waals surface area (Å²) < 4.78 is 31.6. The molecule has 2 N–H and O–H groups in total. The fraction of sp³-hybridized carbons (Fsp3) is 0.289. The largest absolute Gasteiger partial charge is 0.349 e. The van der Waals surface area contributed by atoms with E-state index in [1.54, 1.807) is 23.6 Å². The highest BCUT2D eigenvalue weighted by atomic mass is 32.1. The number of nitrogens with one attached hydrogen (secondary N) is 2. The maximum atomic E-state index is 15.0. The van der Waals surface area contributed by atoms with Crippen LogP contribution in [0.25, 0.3) is 20.7 Å². The van der Waals surface area contributed by atoms with Crippen LogP contribution in [0.15, 0.2) is 83.8 Å². The van der Waals surface area contributed by atoms with Crippen molar-refractivity contribution < 1.29 is 18.4 Å². The van der Waals surface area contributed by atoms with Gasteiger partial charge in [-0.05, 0) is 61.3 Å². The summed E-state index contributed by atoms with van der Waals surface area (Å²) >= 11 is 1.34. The zero-order chi connectivity index (χ0) is 34.4. The lowest BCUT2D eigenvalue weighted by atomic mass is 10.0. The van der Waals surface area contributed by atoms with Gasteiger partial charge < -0.3 is 15.2 Å². The van der Waals surface area contributed by atoms with Crippen molar-refractivity contribution in [3.05, 3.63) is 123 Å². The van der Waals surface area contributed by atoms with Crippen LogP contribution in [-0.2, 0) is 24.4 Å². The van der Waals surface area contributed by atoms with Crippen LogP contribution >= 0.6 is 11.3 Å². The van der Waals surface area contributed by atoms with Gasteiger partial charge in [-0.1, -0.05) is 68.8 Å². The molecule has 0 aliphatic heterocycles. The van der Waals surface area contributed by atoms with E-state index in [1.807, 2.05) is 63.4 Å². The van der Waals surface area contributed by atoms with Crippen molar-refractivity contribution in [3.63, 3.8) is 0 Å². The highest BCUT2D eigenvalue weighted by molar-refractivity contribution is 7.22. The first-order chi connectivity index (χ1) is 23.1. The van der Waals surface area contributed by atoms with E-state index in [2.05, 4.69) is 15.5 Å². The average Bonchev–Trinajstić information content (AvgIpc) is 3.44. The van der Waals surface area contributed by atoms with Gasteiger partial charge in [-0.2, -0.15) is 0 Å². The molecule has 2 heterocycles. The van der Waals surface area contributed by atoms with E-state index < -0.39 is 23.0 Å². The van der Waals surface area contributed by atoms with Gasteiger partial charge in [0.05, 0.1) is 11.9 Å². The van der Waals surface area contributed by atoms with Gasteiger partial charge >= 0.3 is 0 Å². The molecule has 48 heavy (non-hydrogen) atoms. The molecule has 5 rings (SSSR count). The van der Waals surface area contributed by atoms with Crippen molar-refractivity contribution in [1.29, 1.82) is 0 Å². The van der Waals surface area contributed by atoms with Crippen LogP contribution in [0, 0.1) is 11.6 Å². The third kappa shape index (κ3) is 7.89. The maximum Gasteiger partial charge on any atom is 0.256 e. The zero-order valence-corrected chi connectivity index (χ0v) is 28.4. The highest BCUT2D eigenvalue weighted by Gasteiger charge is 2.25. The number of pyridine rings is 1. The molecule has 0 bridgehead atoms. The lowest BCUT2D eigenvalue weighted by molar-refractivity contribution is -0.115. The minimum atomic E-state index is -0.714. The van der Waals surface area contributed by atoms with Gasteiger partial charge in [0.2, 0.25) is 11.3 Å². The molecule has 0 saturated heterocycles. The van der Waals surface area contributed by atoms with E-state index in [0.717, 1.165) is 28.8 Å². The van der Waals surface area contributed by atoms with Gasteiger partial charge in [-0.3, -0.25) is 19.3 Å². The monoisotopic (exact) mass is 670 g/mol. The number of aromatic nitrogens is 1. The molecule has 250 valence electrons. The summed E-state index contributed by atoms with van der Waals surface area (Å²) in [6.45, 7) is 6.41. The maximum absolute atomic E-state index is 15.0. The Morgan fingerprint density at radius 1 is 0.917 bits per heavy atom. The summed E-state index contributed by atoms with van der Waals surface area (Å²) in [6.07, 6.45) is 3.35. The topological polar surface area (TPSA) is 83.4 Å². The molecule has 1 atom stereocenters. The Morgan fingerprint density at radius 2 is 1.60 bits per heavy atom. The predicted octanol–water partition coefficient (Wildman–Crippen LogP) is 7.96. The Morgan fingerprint density at radius 3 is 2.25 bits per heavy atom. The molecule has 1 unspecified atom stereocenters. The van der Waals surface area contributed by atoms with Gasteiger partial charge in [0.15, 0.2) is 0 Å². The zero-order valence-electron chi connectivity index (χ0n) is 27.6. The van der Waals surface area contributed by atoms with Gasteiger partial charge in [-0.15, -0.1) is 11.3 Å². The number of halogens is 2. The van der Waals surface area contributed by atoms with E-state index in [-0.39, 0.29) is 29.6 Å². The van der Waals surface area contributed by atoms with Crippen molar-refractivity contribution in [1.82, 2.24) is 14.8 Å². The Bertz CT molecular complexity index is 1950. The van der Waals surface area contributed by atoms with E-state index in [0.29, 0.717) is 41.0 Å². The molecule has 0 fully saturated rings. The smallest absolute Gasteiger partial charge is 0.256 e. The highest BCUT2D eigenvalue weighted by Crippen LogP contribution is 2.39. The first-order valence-electron chi connectivity index (χ1n) is 16.1. The molecule has 0 spiro atoms. The number of nitrogens with zero attached hydrogens (tertiary/aromatic N) is 2. The lowest BCUT2D eigenvalue weighted by Crippen LogP contribution is -2.36. The number of hydrogen-bond donors (Lipinski definition) is 2. The van der Waals surface area contributed by atoms with Crippen molar-refractivity contribution in [2.75, 3.05) is 12.4 Å². The summed E-state index contributed by atoms with van der Waals surface area (Å²) in [5, 5.41) is 6.13. The van der Waals surface area contributed by atoms with Gasteiger partial charge in [0.25, 0.3) is 5.91 Å². The molecule has 0 aliphatic rings. The number of hydrogen-bond acceptors (Lipinski definition) is 5. The molecular weight excluding hydrogens is 631 g/mol. The number of fused-ring (bicyclic) bond motifs is 1. The number of rotatable bonds is 13. The second-order valence-electron chi connectivity index (χ2n) is 12.1. The van der Waals surface area contributed by atoms with Crippen LogP contribution in [0.5, 0.6) is 0 Å². The minimum absolute atomic E-state index is 0.0869. The summed E-state index contributed by atoms with van der Waals surface area (Å²) in [7, 11) is 1.96. The van der Waals surface area contributed by atoms with Crippen LogP contribution in [0.2, 0.25) is 0 Å². The number of amides is 2. The molecule has 0 radical (unpaired) electrons. The third-order valence-electron chi connectivity index (χ3n) is 8.22. The van der Waals surface area contributed by atoms with Crippen LogP contribution in [-0.4, -0.2) is 34.4 Å². The second kappa shape index (κ2) is 15.5. The normalized spacial score (nSPS) is 12.0. The number of benzene rings is 3. The van der Waals surface area contributed by atoms with E-state index >= 15 is 0 Å². The van der Waals surface area contributed by atoms with E-state index in [1.165, 1.54) is 35.7 Å². The summed E-state index contributed by atoms with van der Waals surface area (Å²) in [5.41, 5.74) is 2.56. The number of thiophene rings is 1. The Kier molecular flexibility index (Phi) is 11.2.